The zero-order valence-corrected chi connectivity index (χ0v) is 15.1. The zero-order chi connectivity index (χ0) is 17.1. The molecular formula is C17H21ClN2O4. The molecule has 0 radical (unpaired) electrons. The first kappa shape index (κ1) is 19.6. The van der Waals surface area contributed by atoms with E-state index in [1.54, 1.807) is 50.1 Å². The molecule has 24 heavy (non-hydrogen) atoms. The minimum absolute atomic E-state index is 0. The number of halogens is 1. The molecule has 1 heterocycles. The summed E-state index contributed by atoms with van der Waals surface area (Å²) >= 11 is 0. The van der Waals surface area contributed by atoms with Crippen LogP contribution in [0.3, 0.4) is 0 Å². The molecule has 0 fully saturated rings. The highest BCUT2D eigenvalue weighted by Crippen LogP contribution is 2.35. The van der Waals surface area contributed by atoms with E-state index in [1.807, 2.05) is 13.0 Å². The average Bonchev–Trinajstić information content (AvgIpc) is 2.56. The first-order chi connectivity index (χ1) is 10.9. The Hall–Kier alpha value is -2.47. The molecule has 1 aromatic heterocycles. The smallest absolute Gasteiger partial charge is 0.498 e. The summed E-state index contributed by atoms with van der Waals surface area (Å²) < 4.78 is 13.4. The molecule has 2 rings (SSSR count). The summed E-state index contributed by atoms with van der Waals surface area (Å²) in [5, 5.41) is 10.2. The fourth-order valence-electron chi connectivity index (χ4n) is 2.23. The van der Waals surface area contributed by atoms with Gasteiger partial charge in [-0.2, -0.15) is 13.9 Å². The van der Waals surface area contributed by atoms with Crippen molar-refractivity contribution in [3.63, 3.8) is 0 Å². The van der Waals surface area contributed by atoms with Gasteiger partial charge in [0.25, 0.3) is 0 Å². The standard InChI is InChI=1S/C17H20N2O4.ClH/c1-11-8-13(19(3)17(21)18(11)2)7-6-12-9-14(22-4)10-15(23-5)16(12)20;/h6-10H,1-5H3;1H. The molecule has 0 spiro atoms. The van der Waals surface area contributed by atoms with Gasteiger partial charge in [0.15, 0.2) is 11.5 Å². The molecule has 130 valence electrons. The number of nitrogens with zero attached hydrogens (tertiary/aromatic N) is 2. The van der Waals surface area contributed by atoms with E-state index in [9.17, 15) is 9.90 Å². The second-order valence-corrected chi connectivity index (χ2v) is 5.21. The first-order valence-corrected chi connectivity index (χ1v) is 7.08. The third-order valence-corrected chi connectivity index (χ3v) is 3.81. The highest BCUT2D eigenvalue weighted by atomic mass is 35.5. The van der Waals surface area contributed by atoms with Gasteiger partial charge in [-0.1, -0.05) is 0 Å². The molecule has 6 nitrogen and oxygen atoms in total. The number of aromatic hydroxyl groups is 1. The van der Waals surface area contributed by atoms with Crippen LogP contribution in [0.25, 0.3) is 12.2 Å². The van der Waals surface area contributed by atoms with E-state index in [-0.39, 0.29) is 23.8 Å². The van der Waals surface area contributed by atoms with Crippen molar-refractivity contribution < 1.29 is 31.6 Å². The summed E-state index contributed by atoms with van der Waals surface area (Å²) in [7, 11) is 6.45. The number of methoxy groups -OCH3 is 2. The van der Waals surface area contributed by atoms with Crippen LogP contribution in [0.1, 0.15) is 17.0 Å². The van der Waals surface area contributed by atoms with Gasteiger partial charge in [-0.25, -0.2) is 0 Å². The van der Waals surface area contributed by atoms with Gasteiger partial charge in [0.2, 0.25) is 0 Å². The van der Waals surface area contributed by atoms with Crippen LogP contribution in [0.4, 0.5) is 0 Å². The lowest BCUT2D eigenvalue weighted by molar-refractivity contribution is -0.692. The van der Waals surface area contributed by atoms with Gasteiger partial charge >= 0.3 is 5.69 Å². The monoisotopic (exact) mass is 352 g/mol. The summed E-state index contributed by atoms with van der Waals surface area (Å²) in [6.07, 6.45) is 3.48. The van der Waals surface area contributed by atoms with Crippen molar-refractivity contribution in [1.29, 1.82) is 0 Å². The SMILES string of the molecule is COc1cc(C=Cc2cc(C)n(C)c(=O)[n+]2C)c(O)c(OC)c1.[Cl-]. The second kappa shape index (κ2) is 7.88. The molecule has 7 heteroatoms. The van der Waals surface area contributed by atoms with Gasteiger partial charge < -0.3 is 27.0 Å². The number of ether oxygens (including phenoxy) is 2. The molecule has 0 aliphatic carbocycles. The van der Waals surface area contributed by atoms with Gasteiger partial charge in [-0.3, -0.25) is 0 Å². The maximum Gasteiger partial charge on any atom is 0.498 e. The number of phenols is 1. The number of rotatable bonds is 4. The Morgan fingerprint density at radius 2 is 1.83 bits per heavy atom. The molecule has 0 unspecified atom stereocenters. The highest BCUT2D eigenvalue weighted by molar-refractivity contribution is 5.73. The summed E-state index contributed by atoms with van der Waals surface area (Å²) in [4.78, 5) is 12.1. The molecule has 0 aliphatic heterocycles. The third-order valence-electron chi connectivity index (χ3n) is 3.81. The molecule has 1 aromatic carbocycles. The summed E-state index contributed by atoms with van der Waals surface area (Å²) in [5.41, 5.74) is 2.00. The van der Waals surface area contributed by atoms with Crippen LogP contribution in [-0.2, 0) is 14.1 Å². The molecule has 0 saturated heterocycles. The molecule has 1 N–H and O–H groups in total. The number of aromatic nitrogens is 2. The lowest BCUT2D eigenvalue weighted by Crippen LogP contribution is -3.00. The molecular weight excluding hydrogens is 332 g/mol. The van der Waals surface area contributed by atoms with Crippen molar-refractivity contribution >= 4 is 12.2 Å². The van der Waals surface area contributed by atoms with E-state index in [2.05, 4.69) is 0 Å². The van der Waals surface area contributed by atoms with Crippen molar-refractivity contribution in [2.75, 3.05) is 14.2 Å². The van der Waals surface area contributed by atoms with Crippen LogP contribution < -0.4 is 32.1 Å². The van der Waals surface area contributed by atoms with E-state index in [0.29, 0.717) is 17.1 Å². The Labute approximate surface area is 147 Å². The molecule has 0 bridgehead atoms. The quantitative estimate of drug-likeness (QED) is 0.674. The van der Waals surface area contributed by atoms with E-state index in [1.165, 1.54) is 11.7 Å². The zero-order valence-electron chi connectivity index (χ0n) is 14.3. The van der Waals surface area contributed by atoms with Gasteiger partial charge in [0, 0.05) is 17.7 Å². The lowest BCUT2D eigenvalue weighted by atomic mass is 10.1. The molecule has 0 atom stereocenters. The van der Waals surface area contributed by atoms with Gasteiger partial charge in [0.1, 0.15) is 17.1 Å². The van der Waals surface area contributed by atoms with Gasteiger partial charge in [-0.05, 0) is 25.1 Å². The Morgan fingerprint density at radius 1 is 1.17 bits per heavy atom. The topological polar surface area (TPSA) is 64.6 Å². The second-order valence-electron chi connectivity index (χ2n) is 5.21. The maximum absolute atomic E-state index is 12.1. The Bertz CT molecular complexity index is 828. The third kappa shape index (κ3) is 3.71. The Morgan fingerprint density at radius 3 is 2.42 bits per heavy atom. The average molecular weight is 353 g/mol. The van der Waals surface area contributed by atoms with Crippen molar-refractivity contribution in [2.24, 2.45) is 14.1 Å². The fourth-order valence-corrected chi connectivity index (χ4v) is 2.23. The molecule has 0 amide bonds. The fraction of sp³-hybridized carbons (Fsp3) is 0.294. The van der Waals surface area contributed by atoms with Crippen LogP contribution in [-0.4, -0.2) is 23.9 Å². The van der Waals surface area contributed by atoms with Crippen LogP contribution in [0.15, 0.2) is 23.0 Å². The summed E-state index contributed by atoms with van der Waals surface area (Å²) in [6.45, 7) is 1.87. The van der Waals surface area contributed by atoms with Crippen molar-refractivity contribution in [3.05, 3.63) is 45.6 Å². The number of hydrogen-bond donors (Lipinski definition) is 1. The van der Waals surface area contributed by atoms with E-state index in [4.69, 9.17) is 9.47 Å². The van der Waals surface area contributed by atoms with Crippen molar-refractivity contribution in [1.82, 2.24) is 4.57 Å². The minimum Gasteiger partial charge on any atom is -1.00 e. The van der Waals surface area contributed by atoms with Gasteiger partial charge in [0.05, 0.1) is 28.3 Å². The molecule has 0 saturated carbocycles. The predicted molar refractivity (Wildman–Crippen MR) is 87.7 cm³/mol. The number of hydrogen-bond acceptors (Lipinski definition) is 4. The van der Waals surface area contributed by atoms with E-state index < -0.39 is 0 Å². The predicted octanol–water partition coefficient (Wildman–Crippen LogP) is -1.58. The molecule has 0 aliphatic rings. The number of benzene rings is 1. The van der Waals surface area contributed by atoms with E-state index in [0.717, 1.165) is 11.4 Å². The van der Waals surface area contributed by atoms with Crippen LogP contribution in [0.5, 0.6) is 17.2 Å². The van der Waals surface area contributed by atoms with Gasteiger partial charge in [-0.15, -0.1) is 0 Å². The van der Waals surface area contributed by atoms with Crippen molar-refractivity contribution in [2.45, 2.75) is 6.92 Å². The lowest BCUT2D eigenvalue weighted by Gasteiger charge is -2.09. The molecule has 2 aromatic rings. The normalized spacial score (nSPS) is 10.5. The number of aryl methyl sites for hydroxylation is 1. The van der Waals surface area contributed by atoms with E-state index >= 15 is 0 Å². The van der Waals surface area contributed by atoms with Crippen LogP contribution in [0, 0.1) is 6.92 Å². The Balaban J connectivity index is 0.00000288. The summed E-state index contributed by atoms with van der Waals surface area (Å²) in [6, 6.07) is 5.20. The van der Waals surface area contributed by atoms with Crippen molar-refractivity contribution in [3.8, 4) is 17.2 Å². The highest BCUT2D eigenvalue weighted by Gasteiger charge is 2.13. The summed E-state index contributed by atoms with van der Waals surface area (Å²) in [5.74, 6) is 0.921. The Kier molecular flexibility index (Phi) is 6.42. The number of phenolic OH excluding ortho intramolecular Hbond substituents is 1. The largest absolute Gasteiger partial charge is 1.00 e. The maximum atomic E-state index is 12.1. The van der Waals surface area contributed by atoms with Crippen LogP contribution in [0.2, 0.25) is 0 Å². The van der Waals surface area contributed by atoms with Crippen LogP contribution >= 0.6 is 0 Å². The minimum atomic E-state index is -0.114. The first-order valence-electron chi connectivity index (χ1n) is 7.08.